The molecule has 0 saturated heterocycles. The van der Waals surface area contributed by atoms with Crippen LogP contribution in [0.25, 0.3) is 0 Å². The number of halogens is 1. The van der Waals surface area contributed by atoms with E-state index >= 15 is 0 Å². The molecular formula is C13H13FN2O3S. The van der Waals surface area contributed by atoms with Gasteiger partial charge in [0.25, 0.3) is 10.0 Å². The minimum atomic E-state index is -4.06. The maximum absolute atomic E-state index is 13.7. The van der Waals surface area contributed by atoms with Crippen LogP contribution in [0.5, 0.6) is 5.75 Å². The van der Waals surface area contributed by atoms with E-state index in [1.54, 1.807) is 0 Å². The first-order valence-electron chi connectivity index (χ1n) is 5.65. The van der Waals surface area contributed by atoms with Gasteiger partial charge in [-0.3, -0.25) is 4.31 Å². The third-order valence-electron chi connectivity index (χ3n) is 2.81. The van der Waals surface area contributed by atoms with Gasteiger partial charge in [0.15, 0.2) is 0 Å². The Morgan fingerprint density at radius 3 is 2.35 bits per heavy atom. The van der Waals surface area contributed by atoms with Gasteiger partial charge in [0.05, 0.1) is 5.69 Å². The molecule has 0 spiro atoms. The van der Waals surface area contributed by atoms with Gasteiger partial charge in [0.1, 0.15) is 16.5 Å². The average Bonchev–Trinajstić information content (AvgIpc) is 2.41. The lowest BCUT2D eigenvalue weighted by atomic mass is 10.3. The number of rotatable bonds is 3. The molecule has 20 heavy (non-hydrogen) atoms. The van der Waals surface area contributed by atoms with Crippen LogP contribution >= 0.6 is 0 Å². The average molecular weight is 296 g/mol. The van der Waals surface area contributed by atoms with Crippen molar-refractivity contribution in [3.05, 3.63) is 48.3 Å². The maximum atomic E-state index is 13.7. The number of benzene rings is 2. The van der Waals surface area contributed by atoms with E-state index in [2.05, 4.69) is 0 Å². The number of anilines is 2. The third kappa shape index (κ3) is 2.53. The zero-order valence-electron chi connectivity index (χ0n) is 10.6. The van der Waals surface area contributed by atoms with Crippen LogP contribution in [-0.2, 0) is 10.0 Å². The number of aromatic hydroxyl groups is 1. The summed E-state index contributed by atoms with van der Waals surface area (Å²) in [7, 11) is -2.77. The Hall–Kier alpha value is -2.28. The van der Waals surface area contributed by atoms with Gasteiger partial charge >= 0.3 is 0 Å². The van der Waals surface area contributed by atoms with Crippen LogP contribution in [0.4, 0.5) is 15.8 Å². The highest BCUT2D eigenvalue weighted by Crippen LogP contribution is 2.26. The largest absolute Gasteiger partial charge is 0.508 e. The molecule has 0 atom stereocenters. The standard InChI is InChI=1S/C13H13FN2O3S/c1-16(10-3-5-11(17)6-4-10)20(18,19)13-8-9(15)2-7-12(13)14/h2-8,17H,15H2,1H3. The zero-order chi connectivity index (χ0) is 14.9. The number of hydrogen-bond acceptors (Lipinski definition) is 4. The Morgan fingerprint density at radius 1 is 1.15 bits per heavy atom. The predicted molar refractivity (Wildman–Crippen MR) is 74.5 cm³/mol. The molecule has 0 amide bonds. The van der Waals surface area contributed by atoms with E-state index in [4.69, 9.17) is 5.73 Å². The minimum absolute atomic E-state index is 0.00897. The van der Waals surface area contributed by atoms with E-state index in [9.17, 15) is 17.9 Å². The third-order valence-corrected chi connectivity index (χ3v) is 4.61. The van der Waals surface area contributed by atoms with Crippen LogP contribution in [0, 0.1) is 5.82 Å². The molecule has 0 aliphatic carbocycles. The van der Waals surface area contributed by atoms with E-state index in [0.717, 1.165) is 16.4 Å². The van der Waals surface area contributed by atoms with Crippen molar-refractivity contribution in [1.82, 2.24) is 0 Å². The quantitative estimate of drug-likeness (QED) is 0.848. The Morgan fingerprint density at radius 2 is 1.75 bits per heavy atom. The molecule has 0 aliphatic heterocycles. The lowest BCUT2D eigenvalue weighted by Gasteiger charge is -2.20. The van der Waals surface area contributed by atoms with Crippen molar-refractivity contribution >= 4 is 21.4 Å². The fourth-order valence-corrected chi connectivity index (χ4v) is 2.96. The van der Waals surface area contributed by atoms with Gasteiger partial charge < -0.3 is 10.8 Å². The lowest BCUT2D eigenvalue weighted by molar-refractivity contribution is 0.475. The van der Waals surface area contributed by atoms with Crippen LogP contribution in [-0.4, -0.2) is 20.6 Å². The molecule has 0 radical (unpaired) electrons. The molecule has 0 aliphatic rings. The van der Waals surface area contributed by atoms with Crippen LogP contribution in [0.1, 0.15) is 0 Å². The molecule has 2 aromatic rings. The summed E-state index contributed by atoms with van der Waals surface area (Å²) in [5.74, 6) is -0.862. The number of sulfonamides is 1. The number of nitrogens with two attached hydrogens (primary N) is 1. The Labute approximate surface area is 116 Å². The molecular weight excluding hydrogens is 283 g/mol. The molecule has 0 aromatic heterocycles. The highest BCUT2D eigenvalue weighted by atomic mass is 32.2. The van der Waals surface area contributed by atoms with Crippen molar-refractivity contribution in [2.24, 2.45) is 0 Å². The molecule has 0 unspecified atom stereocenters. The van der Waals surface area contributed by atoms with Crippen LogP contribution < -0.4 is 10.0 Å². The van der Waals surface area contributed by atoms with Crippen LogP contribution in [0.3, 0.4) is 0 Å². The number of nitrogen functional groups attached to an aromatic ring is 1. The number of phenols is 1. The van der Waals surface area contributed by atoms with Crippen molar-refractivity contribution in [3.63, 3.8) is 0 Å². The molecule has 106 valence electrons. The Kier molecular flexibility index (Phi) is 3.54. The van der Waals surface area contributed by atoms with E-state index in [0.29, 0.717) is 5.69 Å². The van der Waals surface area contributed by atoms with Crippen LogP contribution in [0.15, 0.2) is 47.4 Å². The van der Waals surface area contributed by atoms with Gasteiger partial charge in [-0.1, -0.05) is 0 Å². The molecule has 0 heterocycles. The summed E-state index contributed by atoms with van der Waals surface area (Å²) < 4.78 is 39.3. The summed E-state index contributed by atoms with van der Waals surface area (Å²) in [6, 6.07) is 8.88. The highest BCUT2D eigenvalue weighted by Gasteiger charge is 2.25. The van der Waals surface area contributed by atoms with Crippen molar-refractivity contribution in [2.75, 3.05) is 17.1 Å². The van der Waals surface area contributed by atoms with Crippen molar-refractivity contribution < 1.29 is 17.9 Å². The van der Waals surface area contributed by atoms with Gasteiger partial charge in [0, 0.05) is 12.7 Å². The SMILES string of the molecule is CN(c1ccc(O)cc1)S(=O)(=O)c1cc(N)ccc1F. The second-order valence-electron chi connectivity index (χ2n) is 4.18. The van der Waals surface area contributed by atoms with Crippen molar-refractivity contribution in [1.29, 1.82) is 0 Å². The molecule has 2 aromatic carbocycles. The van der Waals surface area contributed by atoms with E-state index in [1.807, 2.05) is 0 Å². The first-order chi connectivity index (χ1) is 9.32. The zero-order valence-corrected chi connectivity index (χ0v) is 11.4. The van der Waals surface area contributed by atoms with Gasteiger partial charge in [-0.25, -0.2) is 12.8 Å². The number of nitrogens with zero attached hydrogens (tertiary/aromatic N) is 1. The fourth-order valence-electron chi connectivity index (χ4n) is 1.67. The first-order valence-corrected chi connectivity index (χ1v) is 7.09. The molecule has 0 bridgehead atoms. The molecule has 0 fully saturated rings. The summed E-state index contributed by atoms with van der Waals surface area (Å²) in [6.07, 6.45) is 0. The minimum Gasteiger partial charge on any atom is -0.508 e. The molecule has 5 nitrogen and oxygen atoms in total. The number of hydrogen-bond donors (Lipinski definition) is 2. The topological polar surface area (TPSA) is 83.6 Å². The summed E-state index contributed by atoms with van der Waals surface area (Å²) in [5, 5.41) is 9.19. The van der Waals surface area contributed by atoms with Gasteiger partial charge in [0.2, 0.25) is 0 Å². The molecule has 0 saturated carbocycles. The fraction of sp³-hybridized carbons (Fsp3) is 0.0769. The second kappa shape index (κ2) is 5.01. The van der Waals surface area contributed by atoms with Crippen LogP contribution in [0.2, 0.25) is 0 Å². The normalized spacial score (nSPS) is 11.3. The maximum Gasteiger partial charge on any atom is 0.267 e. The summed E-state index contributed by atoms with van der Waals surface area (Å²) >= 11 is 0. The second-order valence-corrected chi connectivity index (χ2v) is 6.12. The van der Waals surface area contributed by atoms with E-state index in [-0.39, 0.29) is 11.4 Å². The molecule has 7 heteroatoms. The highest BCUT2D eigenvalue weighted by molar-refractivity contribution is 7.92. The Balaban J connectivity index is 2.49. The summed E-state index contributed by atoms with van der Waals surface area (Å²) in [6.45, 7) is 0. The summed E-state index contributed by atoms with van der Waals surface area (Å²) in [4.78, 5) is -0.493. The smallest absolute Gasteiger partial charge is 0.267 e. The van der Waals surface area contributed by atoms with Crippen molar-refractivity contribution in [3.8, 4) is 5.75 Å². The monoisotopic (exact) mass is 296 g/mol. The number of phenolic OH excluding ortho intramolecular Hbond substituents is 1. The summed E-state index contributed by atoms with van der Waals surface area (Å²) in [5.41, 5.74) is 5.95. The lowest BCUT2D eigenvalue weighted by Crippen LogP contribution is -2.27. The predicted octanol–water partition coefficient (Wildman–Crippen LogP) is 1.94. The van der Waals surface area contributed by atoms with E-state index < -0.39 is 20.7 Å². The molecule has 3 N–H and O–H groups in total. The van der Waals surface area contributed by atoms with E-state index in [1.165, 1.54) is 37.4 Å². The van der Waals surface area contributed by atoms with Crippen molar-refractivity contribution in [2.45, 2.75) is 4.90 Å². The first kappa shape index (κ1) is 14.1. The van der Waals surface area contributed by atoms with Gasteiger partial charge in [-0.05, 0) is 42.5 Å². The van der Waals surface area contributed by atoms with Gasteiger partial charge in [-0.2, -0.15) is 0 Å². The van der Waals surface area contributed by atoms with Gasteiger partial charge in [-0.15, -0.1) is 0 Å². The Bertz CT molecular complexity index is 730. The molecule has 2 rings (SSSR count).